The SMILES string of the molecule is C=C1CCc2cc(-c3cc(C)c(=O)n(C)c3)cc(O[C@@H](C)c3ccccn3)c2C1.S. The lowest BCUT2D eigenvalue weighted by Crippen LogP contribution is -2.18. The molecule has 1 aliphatic carbocycles. The molecule has 30 heavy (non-hydrogen) atoms. The van der Waals surface area contributed by atoms with Gasteiger partial charge in [0.25, 0.3) is 5.56 Å². The van der Waals surface area contributed by atoms with Crippen LogP contribution >= 0.6 is 13.5 Å². The minimum atomic E-state index is -0.160. The molecule has 0 unspecified atom stereocenters. The van der Waals surface area contributed by atoms with Gasteiger partial charge in [-0.05, 0) is 74.1 Å². The van der Waals surface area contributed by atoms with Crippen LogP contribution < -0.4 is 10.3 Å². The van der Waals surface area contributed by atoms with Crippen molar-refractivity contribution in [3.63, 3.8) is 0 Å². The lowest BCUT2D eigenvalue weighted by Gasteiger charge is -2.25. The fraction of sp³-hybridized carbons (Fsp3) is 0.280. The van der Waals surface area contributed by atoms with Crippen LogP contribution in [0.25, 0.3) is 11.1 Å². The maximum Gasteiger partial charge on any atom is 0.253 e. The van der Waals surface area contributed by atoms with Crippen molar-refractivity contribution < 1.29 is 4.74 Å². The van der Waals surface area contributed by atoms with Crippen LogP contribution in [-0.2, 0) is 19.9 Å². The Morgan fingerprint density at radius 3 is 2.67 bits per heavy atom. The summed E-state index contributed by atoms with van der Waals surface area (Å²) in [5.41, 5.74) is 7.51. The molecule has 0 saturated heterocycles. The number of aryl methyl sites for hydroxylation is 3. The first-order valence-corrected chi connectivity index (χ1v) is 10.00. The highest BCUT2D eigenvalue weighted by Gasteiger charge is 2.21. The zero-order valence-corrected chi connectivity index (χ0v) is 18.7. The van der Waals surface area contributed by atoms with Gasteiger partial charge in [-0.15, -0.1) is 0 Å². The quantitative estimate of drug-likeness (QED) is 0.555. The van der Waals surface area contributed by atoms with E-state index in [1.54, 1.807) is 17.8 Å². The van der Waals surface area contributed by atoms with E-state index in [4.69, 9.17) is 4.74 Å². The lowest BCUT2D eigenvalue weighted by atomic mass is 9.86. The van der Waals surface area contributed by atoms with Gasteiger partial charge in [-0.1, -0.05) is 24.3 Å². The largest absolute Gasteiger partial charge is 0.484 e. The van der Waals surface area contributed by atoms with E-state index in [1.807, 2.05) is 44.3 Å². The molecular weight excluding hydrogens is 392 g/mol. The molecule has 3 aromatic rings. The van der Waals surface area contributed by atoms with Gasteiger partial charge >= 0.3 is 0 Å². The topological polar surface area (TPSA) is 44.1 Å². The third-order valence-electron chi connectivity index (χ3n) is 5.58. The molecule has 0 saturated carbocycles. The average molecular weight is 421 g/mol. The van der Waals surface area contributed by atoms with Gasteiger partial charge in [-0.3, -0.25) is 9.78 Å². The van der Waals surface area contributed by atoms with Crippen LogP contribution in [-0.4, -0.2) is 9.55 Å². The first kappa shape index (κ1) is 21.9. The van der Waals surface area contributed by atoms with Crippen molar-refractivity contribution in [2.45, 2.75) is 39.2 Å². The maximum atomic E-state index is 12.1. The van der Waals surface area contributed by atoms with Crippen molar-refractivity contribution in [1.29, 1.82) is 0 Å². The fourth-order valence-corrected chi connectivity index (χ4v) is 3.95. The summed E-state index contributed by atoms with van der Waals surface area (Å²) in [7, 11) is 1.79. The lowest BCUT2D eigenvalue weighted by molar-refractivity contribution is 0.219. The number of ether oxygens (including phenoxy) is 1. The van der Waals surface area contributed by atoms with Gasteiger partial charge in [0.1, 0.15) is 11.9 Å². The molecule has 5 heteroatoms. The second-order valence-electron chi connectivity index (χ2n) is 7.88. The summed E-state index contributed by atoms with van der Waals surface area (Å²) in [5.74, 6) is 0.878. The molecule has 156 valence electrons. The molecule has 2 aromatic heterocycles. The van der Waals surface area contributed by atoms with Crippen molar-refractivity contribution in [3.8, 4) is 16.9 Å². The summed E-state index contributed by atoms with van der Waals surface area (Å²) in [6.07, 6.45) is 6.32. The molecule has 0 aliphatic heterocycles. The summed E-state index contributed by atoms with van der Waals surface area (Å²) in [5, 5.41) is 0. The van der Waals surface area contributed by atoms with Gasteiger partial charge in [-0.25, -0.2) is 0 Å². The second kappa shape index (κ2) is 8.92. The molecule has 2 heterocycles. The van der Waals surface area contributed by atoms with Gasteiger partial charge in [0, 0.05) is 30.6 Å². The third-order valence-corrected chi connectivity index (χ3v) is 5.58. The number of nitrogens with zero attached hydrogens (tertiary/aromatic N) is 2. The Hall–Kier alpha value is -2.79. The van der Waals surface area contributed by atoms with Crippen molar-refractivity contribution in [1.82, 2.24) is 9.55 Å². The Morgan fingerprint density at radius 2 is 1.97 bits per heavy atom. The number of hydrogen-bond acceptors (Lipinski definition) is 3. The normalized spacial score (nSPS) is 13.9. The maximum absolute atomic E-state index is 12.1. The van der Waals surface area contributed by atoms with Crippen molar-refractivity contribution in [3.05, 3.63) is 93.7 Å². The summed E-state index contributed by atoms with van der Waals surface area (Å²) < 4.78 is 8.06. The fourth-order valence-electron chi connectivity index (χ4n) is 3.95. The van der Waals surface area contributed by atoms with Gasteiger partial charge in [0.15, 0.2) is 0 Å². The highest BCUT2D eigenvalue weighted by molar-refractivity contribution is 7.59. The number of rotatable bonds is 4. The van der Waals surface area contributed by atoms with Crippen LogP contribution in [0.15, 0.2) is 65.7 Å². The van der Waals surface area contributed by atoms with Crippen LogP contribution in [0.3, 0.4) is 0 Å². The molecule has 0 radical (unpaired) electrons. The van der Waals surface area contributed by atoms with Crippen LogP contribution in [0, 0.1) is 6.92 Å². The number of benzene rings is 1. The van der Waals surface area contributed by atoms with E-state index in [9.17, 15) is 4.79 Å². The van der Waals surface area contributed by atoms with E-state index in [2.05, 4.69) is 23.7 Å². The molecule has 4 rings (SSSR count). The number of allylic oxidation sites excluding steroid dienone is 1. The van der Waals surface area contributed by atoms with Gasteiger partial charge in [-0.2, -0.15) is 13.5 Å². The van der Waals surface area contributed by atoms with Gasteiger partial charge in [0.2, 0.25) is 0 Å². The highest BCUT2D eigenvalue weighted by atomic mass is 32.1. The molecule has 0 amide bonds. The van der Waals surface area contributed by atoms with E-state index < -0.39 is 0 Å². The van der Waals surface area contributed by atoms with E-state index in [0.717, 1.165) is 47.4 Å². The first-order valence-electron chi connectivity index (χ1n) is 10.00. The Labute approximate surface area is 184 Å². The predicted octanol–water partition coefficient (Wildman–Crippen LogP) is 5.05. The average Bonchev–Trinajstić information content (AvgIpc) is 2.72. The highest BCUT2D eigenvalue weighted by Crippen LogP contribution is 2.38. The Kier molecular flexibility index (Phi) is 6.52. The summed E-state index contributed by atoms with van der Waals surface area (Å²) in [4.78, 5) is 16.5. The Bertz CT molecular complexity index is 1110. The van der Waals surface area contributed by atoms with Gasteiger partial charge in [0.05, 0.1) is 5.69 Å². The van der Waals surface area contributed by atoms with E-state index in [-0.39, 0.29) is 25.2 Å². The van der Waals surface area contributed by atoms with Crippen LogP contribution in [0.5, 0.6) is 5.75 Å². The third kappa shape index (κ3) is 4.36. The van der Waals surface area contributed by atoms with Crippen LogP contribution in [0.2, 0.25) is 0 Å². The predicted molar refractivity (Wildman–Crippen MR) is 127 cm³/mol. The number of pyridine rings is 2. The number of fused-ring (bicyclic) bond motifs is 1. The van der Waals surface area contributed by atoms with E-state index in [1.165, 1.54) is 16.7 Å². The van der Waals surface area contributed by atoms with E-state index >= 15 is 0 Å². The molecular formula is C25H28N2O2S. The zero-order valence-electron chi connectivity index (χ0n) is 17.7. The van der Waals surface area contributed by atoms with E-state index in [0.29, 0.717) is 0 Å². The number of aromatic nitrogens is 2. The minimum absolute atomic E-state index is 0. The second-order valence-corrected chi connectivity index (χ2v) is 7.88. The Balaban J connectivity index is 0.00000256. The summed E-state index contributed by atoms with van der Waals surface area (Å²) >= 11 is 0. The molecule has 1 aliphatic rings. The number of hydrogen-bond donors (Lipinski definition) is 0. The van der Waals surface area contributed by atoms with Crippen molar-refractivity contribution >= 4 is 13.5 Å². The molecule has 0 bridgehead atoms. The minimum Gasteiger partial charge on any atom is -0.484 e. The van der Waals surface area contributed by atoms with Gasteiger partial charge < -0.3 is 9.30 Å². The first-order chi connectivity index (χ1) is 13.9. The molecule has 0 N–H and O–H groups in total. The molecule has 1 aromatic carbocycles. The molecule has 0 spiro atoms. The monoisotopic (exact) mass is 420 g/mol. The van der Waals surface area contributed by atoms with Crippen LogP contribution in [0.4, 0.5) is 0 Å². The Morgan fingerprint density at radius 1 is 1.17 bits per heavy atom. The standard InChI is InChI=1S/C25H26N2O2.H2S/c1-16-8-9-19-13-20(21-12-17(2)25(28)27(4)15-21)14-24(22(19)11-16)29-18(3)23-7-5-6-10-26-23;/h5-7,10,12-15,18H,1,8-9,11H2,2-4H3;1H2/t18-;/m0./s1. The molecule has 1 atom stereocenters. The van der Waals surface area contributed by atoms with Crippen molar-refractivity contribution in [2.24, 2.45) is 7.05 Å². The molecule has 0 fully saturated rings. The summed E-state index contributed by atoms with van der Waals surface area (Å²) in [6, 6.07) is 12.2. The smallest absolute Gasteiger partial charge is 0.253 e. The summed E-state index contributed by atoms with van der Waals surface area (Å²) in [6.45, 7) is 8.08. The van der Waals surface area contributed by atoms with Crippen molar-refractivity contribution in [2.75, 3.05) is 0 Å². The van der Waals surface area contributed by atoms with Crippen LogP contribution in [0.1, 0.15) is 41.8 Å². The molecule has 4 nitrogen and oxygen atoms in total. The zero-order chi connectivity index (χ0) is 20.5.